The van der Waals surface area contributed by atoms with Crippen LogP contribution in [0.4, 0.5) is 5.69 Å². The van der Waals surface area contributed by atoms with E-state index in [2.05, 4.69) is 15.5 Å². The van der Waals surface area contributed by atoms with Gasteiger partial charge in [-0.2, -0.15) is 10.2 Å². The lowest BCUT2D eigenvalue weighted by molar-refractivity contribution is 0.0685. The van der Waals surface area contributed by atoms with Crippen molar-refractivity contribution in [2.24, 2.45) is 7.05 Å². The van der Waals surface area contributed by atoms with Crippen LogP contribution in [0.25, 0.3) is 0 Å². The molecule has 9 heteroatoms. The maximum Gasteiger partial charge on any atom is 0.357 e. The van der Waals surface area contributed by atoms with Gasteiger partial charge in [-0.3, -0.25) is 9.48 Å². The van der Waals surface area contributed by atoms with Crippen molar-refractivity contribution in [2.75, 3.05) is 12.4 Å². The molecule has 2 N–H and O–H groups in total. The third-order valence-corrected chi connectivity index (χ3v) is 2.43. The number of anilines is 1. The van der Waals surface area contributed by atoms with Gasteiger partial charge in [-0.1, -0.05) is 0 Å². The molecule has 0 radical (unpaired) electrons. The quantitative estimate of drug-likeness (QED) is 0.807. The first-order valence-electron chi connectivity index (χ1n) is 5.61. The second-order valence-corrected chi connectivity index (χ2v) is 4.01. The summed E-state index contributed by atoms with van der Waals surface area (Å²) in [6.45, 7) is 0.253. The van der Waals surface area contributed by atoms with Gasteiger partial charge in [-0.15, -0.1) is 0 Å². The van der Waals surface area contributed by atoms with Gasteiger partial charge in [0, 0.05) is 20.4 Å². The molecule has 2 heterocycles. The predicted octanol–water partition coefficient (Wildman–Crippen LogP) is 0.171. The highest BCUT2D eigenvalue weighted by Crippen LogP contribution is 2.11. The Bertz CT molecular complexity index is 645. The third-order valence-electron chi connectivity index (χ3n) is 2.43. The fourth-order valence-corrected chi connectivity index (χ4v) is 1.64. The zero-order chi connectivity index (χ0) is 14.7. The Labute approximate surface area is 113 Å². The fourth-order valence-electron chi connectivity index (χ4n) is 1.64. The molecule has 0 atom stereocenters. The summed E-state index contributed by atoms with van der Waals surface area (Å²) in [7, 11) is 3.06. The molecule has 2 aromatic rings. The van der Waals surface area contributed by atoms with Crippen molar-refractivity contribution in [2.45, 2.75) is 6.73 Å². The van der Waals surface area contributed by atoms with Crippen molar-refractivity contribution >= 4 is 17.6 Å². The molecule has 2 aromatic heterocycles. The van der Waals surface area contributed by atoms with Crippen LogP contribution in [0.3, 0.4) is 0 Å². The summed E-state index contributed by atoms with van der Waals surface area (Å²) < 4.78 is 7.64. The molecule has 0 unspecified atom stereocenters. The second kappa shape index (κ2) is 5.53. The number of nitrogens with one attached hydrogen (secondary N) is 1. The minimum atomic E-state index is -1.26. The van der Waals surface area contributed by atoms with Crippen LogP contribution < -0.4 is 5.32 Å². The maximum atomic E-state index is 12.0. The van der Waals surface area contributed by atoms with Crippen molar-refractivity contribution in [3.8, 4) is 0 Å². The molecule has 0 aliphatic rings. The molecule has 0 bridgehead atoms. The summed E-state index contributed by atoms with van der Waals surface area (Å²) in [6.07, 6.45) is 4.35. The Hall–Kier alpha value is -2.68. The fraction of sp³-hybridized carbons (Fsp3) is 0.273. The van der Waals surface area contributed by atoms with Crippen molar-refractivity contribution in [1.29, 1.82) is 0 Å². The number of carbonyl (C=O) groups is 2. The van der Waals surface area contributed by atoms with Crippen molar-refractivity contribution in [3.05, 3.63) is 29.8 Å². The number of aryl methyl sites for hydroxylation is 1. The largest absolute Gasteiger partial charge is 0.476 e. The van der Waals surface area contributed by atoms with Crippen molar-refractivity contribution in [1.82, 2.24) is 19.6 Å². The number of aromatic carboxylic acids is 1. The smallest absolute Gasteiger partial charge is 0.357 e. The zero-order valence-corrected chi connectivity index (χ0v) is 10.9. The summed E-state index contributed by atoms with van der Waals surface area (Å²) in [5, 5.41) is 19.2. The van der Waals surface area contributed by atoms with Crippen LogP contribution in [0.1, 0.15) is 20.8 Å². The van der Waals surface area contributed by atoms with Gasteiger partial charge < -0.3 is 15.2 Å². The molecule has 106 valence electrons. The van der Waals surface area contributed by atoms with E-state index in [1.807, 2.05) is 0 Å². The molecule has 0 aliphatic heterocycles. The van der Waals surface area contributed by atoms with E-state index >= 15 is 0 Å². The number of nitrogens with zero attached hydrogens (tertiary/aromatic N) is 4. The van der Waals surface area contributed by atoms with Gasteiger partial charge in [0.25, 0.3) is 5.91 Å². The molecule has 9 nitrogen and oxygen atoms in total. The molecule has 1 amide bonds. The van der Waals surface area contributed by atoms with E-state index in [4.69, 9.17) is 9.84 Å². The van der Waals surface area contributed by atoms with Crippen LogP contribution in [-0.4, -0.2) is 43.7 Å². The molecule has 0 aliphatic carbocycles. The summed E-state index contributed by atoms with van der Waals surface area (Å²) in [4.78, 5) is 23.0. The van der Waals surface area contributed by atoms with Gasteiger partial charge in [0.15, 0.2) is 5.69 Å². The minimum absolute atomic E-state index is 0.0144. The molecule has 0 saturated heterocycles. The van der Waals surface area contributed by atoms with Crippen LogP contribution in [-0.2, 0) is 18.5 Å². The van der Waals surface area contributed by atoms with Crippen molar-refractivity contribution < 1.29 is 19.4 Å². The van der Waals surface area contributed by atoms with Gasteiger partial charge in [0.05, 0.1) is 23.6 Å². The van der Waals surface area contributed by atoms with Crippen LogP contribution in [0.5, 0.6) is 0 Å². The number of methoxy groups -OCH3 is 1. The van der Waals surface area contributed by atoms with Gasteiger partial charge in [0.1, 0.15) is 6.73 Å². The highest BCUT2D eigenvalue weighted by atomic mass is 16.5. The second-order valence-electron chi connectivity index (χ2n) is 4.01. The Kier molecular flexibility index (Phi) is 3.80. The number of amides is 1. The predicted molar refractivity (Wildman–Crippen MR) is 67.4 cm³/mol. The normalized spacial score (nSPS) is 10.5. The lowest BCUT2D eigenvalue weighted by Crippen LogP contribution is -2.15. The summed E-state index contributed by atoms with van der Waals surface area (Å²) >= 11 is 0. The number of ether oxygens (including phenoxy) is 1. The molecule has 20 heavy (non-hydrogen) atoms. The van der Waals surface area contributed by atoms with Crippen molar-refractivity contribution in [3.63, 3.8) is 0 Å². The van der Waals surface area contributed by atoms with E-state index in [0.717, 1.165) is 0 Å². The summed E-state index contributed by atoms with van der Waals surface area (Å²) in [5.41, 5.74) is 0.126. The molecule has 2 rings (SSSR count). The first kappa shape index (κ1) is 13.7. The lowest BCUT2D eigenvalue weighted by Gasteiger charge is -2.00. The first-order chi connectivity index (χ1) is 9.51. The van der Waals surface area contributed by atoms with E-state index in [0.29, 0.717) is 5.69 Å². The Balaban J connectivity index is 2.17. The van der Waals surface area contributed by atoms with E-state index in [1.54, 1.807) is 13.2 Å². The average molecular weight is 279 g/mol. The molecule has 0 aromatic carbocycles. The van der Waals surface area contributed by atoms with Crippen LogP contribution in [0.2, 0.25) is 0 Å². The minimum Gasteiger partial charge on any atom is -0.476 e. The summed E-state index contributed by atoms with van der Waals surface area (Å²) in [5.74, 6) is -1.82. The number of aromatic nitrogens is 4. The number of carboxylic acid groups (broad SMARTS) is 1. The third kappa shape index (κ3) is 2.83. The Morgan fingerprint density at radius 1 is 1.45 bits per heavy atom. The molecular formula is C11H13N5O4. The van der Waals surface area contributed by atoms with Gasteiger partial charge in [0.2, 0.25) is 0 Å². The number of rotatable bonds is 5. The molecule has 0 fully saturated rings. The molecular weight excluding hydrogens is 266 g/mol. The average Bonchev–Trinajstić information content (AvgIpc) is 2.96. The highest BCUT2D eigenvalue weighted by Gasteiger charge is 2.21. The number of hydrogen-bond donors (Lipinski definition) is 2. The number of carbonyl (C=O) groups excluding carboxylic acids is 1. The van der Waals surface area contributed by atoms with E-state index in [-0.39, 0.29) is 18.0 Å². The Morgan fingerprint density at radius 2 is 2.20 bits per heavy atom. The Morgan fingerprint density at radius 3 is 2.85 bits per heavy atom. The number of hydrogen-bond acceptors (Lipinski definition) is 5. The topological polar surface area (TPSA) is 111 Å². The monoisotopic (exact) mass is 279 g/mol. The maximum absolute atomic E-state index is 12.0. The van der Waals surface area contributed by atoms with Gasteiger partial charge in [-0.25, -0.2) is 9.48 Å². The molecule has 0 saturated carbocycles. The number of carboxylic acids is 1. The van der Waals surface area contributed by atoms with Crippen LogP contribution in [0, 0.1) is 0 Å². The SMILES string of the molecule is COCn1cc(NC(=O)c2cn(C)nc2C(=O)O)cn1. The van der Waals surface area contributed by atoms with Crippen LogP contribution in [0.15, 0.2) is 18.6 Å². The lowest BCUT2D eigenvalue weighted by atomic mass is 10.2. The summed E-state index contributed by atoms with van der Waals surface area (Å²) in [6, 6.07) is 0. The zero-order valence-electron chi connectivity index (χ0n) is 10.9. The highest BCUT2D eigenvalue weighted by molar-refractivity contribution is 6.09. The van der Waals surface area contributed by atoms with Gasteiger partial charge in [-0.05, 0) is 0 Å². The standard InChI is InChI=1S/C11H13N5O4/c1-15-5-8(9(14-15)11(18)19)10(17)13-7-3-12-16(4-7)6-20-2/h3-5H,6H2,1-2H3,(H,13,17)(H,18,19). The van der Waals surface area contributed by atoms with E-state index in [9.17, 15) is 9.59 Å². The van der Waals surface area contributed by atoms with E-state index < -0.39 is 11.9 Å². The first-order valence-corrected chi connectivity index (χ1v) is 5.61. The van der Waals surface area contributed by atoms with Gasteiger partial charge >= 0.3 is 5.97 Å². The van der Waals surface area contributed by atoms with Crippen LogP contribution >= 0.6 is 0 Å². The molecule has 0 spiro atoms. The van der Waals surface area contributed by atoms with E-state index in [1.165, 1.54) is 28.9 Å².